The third-order valence-electron chi connectivity index (χ3n) is 1.70. The van der Waals surface area contributed by atoms with Crippen molar-refractivity contribution in [2.75, 3.05) is 0 Å². The minimum atomic E-state index is -0.718. The lowest BCUT2D eigenvalue weighted by Gasteiger charge is -2.06. The summed E-state index contributed by atoms with van der Waals surface area (Å²) in [5.41, 5.74) is 0. The molecule has 1 atom stereocenters. The summed E-state index contributed by atoms with van der Waals surface area (Å²) in [6, 6.07) is 1.58. The monoisotopic (exact) mass is 181 g/mol. The van der Waals surface area contributed by atoms with Crippen LogP contribution in [0, 0.1) is 0 Å². The number of nitrogens with one attached hydrogen (secondary N) is 1. The molecule has 13 heavy (non-hydrogen) atoms. The molecule has 1 aromatic rings. The summed E-state index contributed by atoms with van der Waals surface area (Å²) >= 11 is 0. The van der Waals surface area contributed by atoms with Gasteiger partial charge in [0.25, 0.3) is 5.91 Å². The van der Waals surface area contributed by atoms with Crippen LogP contribution in [0.1, 0.15) is 6.42 Å². The van der Waals surface area contributed by atoms with Gasteiger partial charge in [0, 0.05) is 6.07 Å². The highest BCUT2D eigenvalue weighted by molar-refractivity contribution is 6.05. The van der Waals surface area contributed by atoms with E-state index < -0.39 is 12.0 Å². The van der Waals surface area contributed by atoms with Crippen molar-refractivity contribution >= 4 is 11.8 Å². The Hall–Kier alpha value is -1.78. The second kappa shape index (κ2) is 2.93. The first-order chi connectivity index (χ1) is 6.25. The minimum Gasteiger partial charge on any atom is -0.477 e. The largest absolute Gasteiger partial charge is 0.477 e. The molecule has 5 heteroatoms. The number of hydrogen-bond acceptors (Lipinski definition) is 4. The zero-order valence-electron chi connectivity index (χ0n) is 6.65. The van der Waals surface area contributed by atoms with Crippen LogP contribution in [0.25, 0.3) is 0 Å². The molecule has 1 saturated heterocycles. The van der Waals surface area contributed by atoms with Crippen molar-refractivity contribution < 1.29 is 18.7 Å². The first-order valence-electron chi connectivity index (χ1n) is 3.78. The van der Waals surface area contributed by atoms with Gasteiger partial charge in [-0.25, -0.2) is 0 Å². The number of hydrogen-bond donors (Lipinski definition) is 1. The Morgan fingerprint density at radius 2 is 2.38 bits per heavy atom. The first kappa shape index (κ1) is 7.85. The fourth-order valence-corrected chi connectivity index (χ4v) is 1.11. The van der Waals surface area contributed by atoms with Gasteiger partial charge in [0.1, 0.15) is 6.26 Å². The lowest BCUT2D eigenvalue weighted by atomic mass is 10.3. The maximum Gasteiger partial charge on any atom is 0.268 e. The van der Waals surface area contributed by atoms with E-state index in [1.165, 1.54) is 12.5 Å². The number of furan rings is 1. The van der Waals surface area contributed by atoms with Crippen molar-refractivity contribution in [3.05, 3.63) is 18.6 Å². The quantitative estimate of drug-likeness (QED) is 0.655. The van der Waals surface area contributed by atoms with Crippen molar-refractivity contribution in [3.8, 4) is 5.75 Å². The first-order valence-corrected chi connectivity index (χ1v) is 3.78. The SMILES string of the molecule is O=C1CC(Oc2ccoc2)C(=O)N1. The smallest absolute Gasteiger partial charge is 0.268 e. The van der Waals surface area contributed by atoms with Gasteiger partial charge in [-0.1, -0.05) is 0 Å². The number of carbonyl (C=O) groups is 2. The summed E-state index contributed by atoms with van der Waals surface area (Å²) in [6.07, 6.45) is 2.16. The van der Waals surface area contributed by atoms with Gasteiger partial charge in [0.05, 0.1) is 12.7 Å². The Labute approximate surface area is 73.7 Å². The highest BCUT2D eigenvalue weighted by Crippen LogP contribution is 2.15. The van der Waals surface area contributed by atoms with Gasteiger partial charge < -0.3 is 9.15 Å². The number of imide groups is 1. The highest BCUT2D eigenvalue weighted by atomic mass is 16.5. The summed E-state index contributed by atoms with van der Waals surface area (Å²) in [6.45, 7) is 0. The van der Waals surface area contributed by atoms with Gasteiger partial charge in [0.15, 0.2) is 11.9 Å². The van der Waals surface area contributed by atoms with E-state index in [0.717, 1.165) is 0 Å². The molecule has 2 rings (SSSR count). The molecule has 0 saturated carbocycles. The number of ether oxygens (including phenoxy) is 1. The van der Waals surface area contributed by atoms with Crippen molar-refractivity contribution in [3.63, 3.8) is 0 Å². The molecule has 1 unspecified atom stereocenters. The molecule has 0 radical (unpaired) electrons. The molecule has 1 aliphatic rings. The second-order valence-corrected chi connectivity index (χ2v) is 2.68. The van der Waals surface area contributed by atoms with Crippen LogP contribution in [0.15, 0.2) is 23.0 Å². The van der Waals surface area contributed by atoms with E-state index in [0.29, 0.717) is 5.75 Å². The zero-order chi connectivity index (χ0) is 9.26. The van der Waals surface area contributed by atoms with Gasteiger partial charge >= 0.3 is 0 Å². The van der Waals surface area contributed by atoms with Crippen molar-refractivity contribution in [1.82, 2.24) is 5.32 Å². The van der Waals surface area contributed by atoms with Crippen molar-refractivity contribution in [1.29, 1.82) is 0 Å². The lowest BCUT2D eigenvalue weighted by molar-refractivity contribution is -0.127. The second-order valence-electron chi connectivity index (χ2n) is 2.68. The molecule has 0 aliphatic carbocycles. The summed E-state index contributed by atoms with van der Waals surface area (Å²) in [7, 11) is 0. The van der Waals surface area contributed by atoms with Gasteiger partial charge in [-0.2, -0.15) is 0 Å². The van der Waals surface area contributed by atoms with E-state index in [1.807, 2.05) is 0 Å². The van der Waals surface area contributed by atoms with Crippen LogP contribution in [-0.4, -0.2) is 17.9 Å². The van der Waals surface area contributed by atoms with E-state index in [4.69, 9.17) is 9.15 Å². The molecule has 0 bridgehead atoms. The van der Waals surface area contributed by atoms with E-state index in [-0.39, 0.29) is 12.3 Å². The molecular formula is C8H7NO4. The normalized spacial score (nSPS) is 21.7. The fourth-order valence-electron chi connectivity index (χ4n) is 1.11. The molecule has 2 heterocycles. The fraction of sp³-hybridized carbons (Fsp3) is 0.250. The molecule has 1 aromatic heterocycles. The Morgan fingerprint density at radius 1 is 1.54 bits per heavy atom. The van der Waals surface area contributed by atoms with E-state index >= 15 is 0 Å². The van der Waals surface area contributed by atoms with Crippen LogP contribution in [0.4, 0.5) is 0 Å². The van der Waals surface area contributed by atoms with Gasteiger partial charge in [-0.15, -0.1) is 0 Å². The topological polar surface area (TPSA) is 68.5 Å². The molecule has 1 N–H and O–H groups in total. The van der Waals surface area contributed by atoms with Crippen LogP contribution in [0.3, 0.4) is 0 Å². The molecule has 1 aliphatic heterocycles. The Bertz CT molecular complexity index is 330. The van der Waals surface area contributed by atoms with E-state index in [1.54, 1.807) is 6.07 Å². The zero-order valence-corrected chi connectivity index (χ0v) is 6.65. The molecule has 0 spiro atoms. The van der Waals surface area contributed by atoms with E-state index in [9.17, 15) is 9.59 Å². The summed E-state index contributed by atoms with van der Waals surface area (Å²) in [5, 5.41) is 2.15. The van der Waals surface area contributed by atoms with Gasteiger partial charge in [-0.05, 0) is 0 Å². The maximum atomic E-state index is 11.0. The predicted molar refractivity (Wildman–Crippen MR) is 40.9 cm³/mol. The van der Waals surface area contributed by atoms with Crippen LogP contribution in [-0.2, 0) is 9.59 Å². The number of carbonyl (C=O) groups excluding carboxylic acids is 2. The van der Waals surface area contributed by atoms with E-state index in [2.05, 4.69) is 5.32 Å². The van der Waals surface area contributed by atoms with Crippen LogP contribution < -0.4 is 10.1 Å². The third-order valence-corrected chi connectivity index (χ3v) is 1.70. The summed E-state index contributed by atoms with van der Waals surface area (Å²) < 4.78 is 9.92. The number of amides is 2. The summed E-state index contributed by atoms with van der Waals surface area (Å²) in [4.78, 5) is 21.8. The Morgan fingerprint density at radius 3 is 2.92 bits per heavy atom. The van der Waals surface area contributed by atoms with Crippen molar-refractivity contribution in [2.45, 2.75) is 12.5 Å². The predicted octanol–water partition coefficient (Wildman–Crippen LogP) is 0.0735. The number of rotatable bonds is 2. The molecular weight excluding hydrogens is 174 g/mol. The third kappa shape index (κ3) is 1.53. The molecule has 68 valence electrons. The van der Waals surface area contributed by atoms with Crippen molar-refractivity contribution in [2.24, 2.45) is 0 Å². The average Bonchev–Trinajstić information content (AvgIpc) is 2.63. The molecule has 1 fully saturated rings. The summed E-state index contributed by atoms with van der Waals surface area (Å²) in [5.74, 6) is -0.250. The van der Waals surface area contributed by atoms with Crippen LogP contribution >= 0.6 is 0 Å². The Balaban J connectivity index is 2.03. The van der Waals surface area contributed by atoms with Gasteiger partial charge in [-0.3, -0.25) is 14.9 Å². The van der Waals surface area contributed by atoms with Crippen LogP contribution in [0.5, 0.6) is 5.75 Å². The standard InChI is InChI=1S/C8H7NO4/c10-7-3-6(8(11)9-7)13-5-1-2-12-4-5/h1-2,4,6H,3H2,(H,9,10,11). The van der Waals surface area contributed by atoms with Crippen LogP contribution in [0.2, 0.25) is 0 Å². The average molecular weight is 181 g/mol. The molecule has 0 aromatic carbocycles. The lowest BCUT2D eigenvalue weighted by Crippen LogP contribution is -2.28. The Kier molecular flexibility index (Phi) is 1.77. The molecule has 5 nitrogen and oxygen atoms in total. The molecule has 2 amide bonds. The highest BCUT2D eigenvalue weighted by Gasteiger charge is 2.32. The van der Waals surface area contributed by atoms with Gasteiger partial charge in [0.2, 0.25) is 5.91 Å². The maximum absolute atomic E-state index is 11.0. The minimum absolute atomic E-state index is 0.0734.